The molecule has 88 valence electrons. The lowest BCUT2D eigenvalue weighted by atomic mass is 9.80. The Labute approximate surface area is 97.7 Å². The van der Waals surface area contributed by atoms with Gasteiger partial charge in [0.2, 0.25) is 6.29 Å². The second-order valence-electron chi connectivity index (χ2n) is 4.97. The van der Waals surface area contributed by atoms with Crippen LogP contribution in [0.1, 0.15) is 19.8 Å². The van der Waals surface area contributed by atoms with Crippen molar-refractivity contribution < 1.29 is 19.4 Å². The maximum absolute atomic E-state index is 11.6. The summed E-state index contributed by atoms with van der Waals surface area (Å²) < 4.78 is 4.88. The molecule has 5 heteroatoms. The van der Waals surface area contributed by atoms with Gasteiger partial charge in [0.25, 0.3) is 0 Å². The standard InChI is InChI=1S/C11H14O4S/c1-4(12)16-7-3-5-2-6(7)9-8(5)10(13)15-11(9)14/h5-10,13H,2-3H2,1H3. The third kappa shape index (κ3) is 1.34. The molecule has 0 radical (unpaired) electrons. The summed E-state index contributed by atoms with van der Waals surface area (Å²) in [5, 5.41) is 10.0. The number of thioether (sulfide) groups is 1. The molecule has 4 nitrogen and oxygen atoms in total. The first kappa shape index (κ1) is 10.6. The third-order valence-electron chi connectivity index (χ3n) is 4.16. The Balaban J connectivity index is 1.81. The first-order chi connectivity index (χ1) is 7.58. The molecule has 0 aromatic heterocycles. The summed E-state index contributed by atoms with van der Waals surface area (Å²) in [4.78, 5) is 22.7. The summed E-state index contributed by atoms with van der Waals surface area (Å²) in [6, 6.07) is 0. The number of rotatable bonds is 1. The molecule has 0 amide bonds. The van der Waals surface area contributed by atoms with Crippen molar-refractivity contribution in [3.63, 3.8) is 0 Å². The van der Waals surface area contributed by atoms with E-state index in [1.807, 2.05) is 0 Å². The van der Waals surface area contributed by atoms with Crippen LogP contribution in [-0.2, 0) is 14.3 Å². The van der Waals surface area contributed by atoms with Crippen molar-refractivity contribution in [1.82, 2.24) is 0 Å². The lowest BCUT2D eigenvalue weighted by Gasteiger charge is -2.27. The molecule has 6 unspecified atom stereocenters. The van der Waals surface area contributed by atoms with Crippen LogP contribution in [0.25, 0.3) is 0 Å². The van der Waals surface area contributed by atoms with E-state index in [1.54, 1.807) is 6.92 Å². The number of hydrogen-bond acceptors (Lipinski definition) is 5. The summed E-state index contributed by atoms with van der Waals surface area (Å²) in [5.74, 6) is 0.146. The molecule has 1 aliphatic heterocycles. The lowest BCUT2D eigenvalue weighted by Crippen LogP contribution is -2.33. The van der Waals surface area contributed by atoms with Crippen LogP contribution < -0.4 is 0 Å². The summed E-state index contributed by atoms with van der Waals surface area (Å²) >= 11 is 1.35. The highest BCUT2D eigenvalue weighted by Gasteiger charge is 2.62. The smallest absolute Gasteiger partial charge is 0.312 e. The zero-order valence-corrected chi connectivity index (χ0v) is 9.78. The second-order valence-corrected chi connectivity index (χ2v) is 6.39. The van der Waals surface area contributed by atoms with Crippen LogP contribution in [0.2, 0.25) is 0 Å². The van der Waals surface area contributed by atoms with Crippen LogP contribution in [0.5, 0.6) is 0 Å². The lowest BCUT2D eigenvalue weighted by molar-refractivity contribution is -0.158. The number of ether oxygens (including phenoxy) is 1. The molecule has 1 N–H and O–H groups in total. The highest BCUT2D eigenvalue weighted by Crippen LogP contribution is 2.59. The summed E-state index contributed by atoms with van der Waals surface area (Å²) in [6.07, 6.45) is 0.992. The van der Waals surface area contributed by atoms with E-state index in [1.165, 1.54) is 11.8 Å². The number of carbonyl (C=O) groups is 2. The molecule has 16 heavy (non-hydrogen) atoms. The average molecular weight is 242 g/mol. The van der Waals surface area contributed by atoms with Crippen LogP contribution >= 0.6 is 11.8 Å². The minimum Gasteiger partial charge on any atom is -0.435 e. The summed E-state index contributed by atoms with van der Waals surface area (Å²) in [7, 11) is 0. The van der Waals surface area contributed by atoms with Gasteiger partial charge in [-0.05, 0) is 24.7 Å². The Bertz CT molecular complexity index is 356. The number of aliphatic hydroxyl groups excluding tert-OH is 1. The first-order valence-electron chi connectivity index (χ1n) is 5.63. The maximum atomic E-state index is 11.6. The van der Waals surface area contributed by atoms with Crippen LogP contribution in [0, 0.1) is 23.7 Å². The van der Waals surface area contributed by atoms with Crippen molar-refractivity contribution in [2.75, 3.05) is 0 Å². The normalized spacial score (nSPS) is 49.2. The van der Waals surface area contributed by atoms with Gasteiger partial charge in [0.15, 0.2) is 5.12 Å². The number of fused-ring (bicyclic) bond motifs is 5. The Morgan fingerprint density at radius 2 is 2.25 bits per heavy atom. The van der Waals surface area contributed by atoms with E-state index in [9.17, 15) is 14.7 Å². The summed E-state index contributed by atoms with van der Waals surface area (Å²) in [5.41, 5.74) is 0. The molecule has 3 fully saturated rings. The minimum absolute atomic E-state index is 0.0127. The Hall–Kier alpha value is -0.550. The number of hydrogen-bond donors (Lipinski definition) is 1. The van der Waals surface area contributed by atoms with E-state index in [2.05, 4.69) is 0 Å². The molecule has 0 aromatic rings. The molecular weight excluding hydrogens is 228 g/mol. The van der Waals surface area contributed by atoms with Crippen molar-refractivity contribution >= 4 is 22.8 Å². The quantitative estimate of drug-likeness (QED) is 0.688. The van der Waals surface area contributed by atoms with Gasteiger partial charge in [-0.2, -0.15) is 0 Å². The highest BCUT2D eigenvalue weighted by molar-refractivity contribution is 8.14. The van der Waals surface area contributed by atoms with E-state index in [-0.39, 0.29) is 34.1 Å². The van der Waals surface area contributed by atoms with Crippen molar-refractivity contribution in [3.05, 3.63) is 0 Å². The van der Waals surface area contributed by atoms with Gasteiger partial charge in [0, 0.05) is 18.1 Å². The fourth-order valence-electron chi connectivity index (χ4n) is 3.71. The number of cyclic esters (lactones) is 1. The predicted octanol–water partition coefficient (Wildman–Crippen LogP) is 0.782. The molecule has 2 aliphatic carbocycles. The molecule has 3 aliphatic rings. The van der Waals surface area contributed by atoms with E-state index < -0.39 is 6.29 Å². The van der Waals surface area contributed by atoms with Gasteiger partial charge >= 0.3 is 5.97 Å². The molecule has 0 spiro atoms. The molecule has 0 aromatic carbocycles. The Morgan fingerprint density at radius 3 is 2.94 bits per heavy atom. The van der Waals surface area contributed by atoms with Crippen molar-refractivity contribution in [2.24, 2.45) is 23.7 Å². The topological polar surface area (TPSA) is 63.6 Å². The van der Waals surface area contributed by atoms with E-state index in [0.29, 0.717) is 5.92 Å². The Morgan fingerprint density at radius 1 is 1.50 bits per heavy atom. The second kappa shape index (κ2) is 3.47. The zero-order chi connectivity index (χ0) is 11.4. The van der Waals surface area contributed by atoms with Gasteiger partial charge in [-0.25, -0.2) is 0 Å². The van der Waals surface area contributed by atoms with Gasteiger partial charge in [-0.1, -0.05) is 11.8 Å². The van der Waals surface area contributed by atoms with E-state index in [4.69, 9.17) is 4.74 Å². The van der Waals surface area contributed by atoms with Crippen LogP contribution in [0.4, 0.5) is 0 Å². The Kier molecular flexibility index (Phi) is 2.30. The SMILES string of the molecule is CC(=O)SC1CC2CC1C1C(=O)OC(O)C21. The van der Waals surface area contributed by atoms with Gasteiger partial charge in [0.1, 0.15) is 0 Å². The molecule has 1 saturated heterocycles. The van der Waals surface area contributed by atoms with Crippen molar-refractivity contribution in [3.8, 4) is 0 Å². The van der Waals surface area contributed by atoms with Gasteiger partial charge in [-0.3, -0.25) is 9.59 Å². The molecule has 2 bridgehead atoms. The van der Waals surface area contributed by atoms with Gasteiger partial charge in [-0.15, -0.1) is 0 Å². The highest BCUT2D eigenvalue weighted by atomic mass is 32.2. The van der Waals surface area contributed by atoms with E-state index >= 15 is 0 Å². The average Bonchev–Trinajstić information content (AvgIpc) is 2.78. The maximum Gasteiger partial charge on any atom is 0.312 e. The first-order valence-corrected chi connectivity index (χ1v) is 6.51. The van der Waals surface area contributed by atoms with Gasteiger partial charge < -0.3 is 9.84 Å². The molecule has 2 saturated carbocycles. The van der Waals surface area contributed by atoms with Crippen molar-refractivity contribution in [1.29, 1.82) is 0 Å². The summed E-state index contributed by atoms with van der Waals surface area (Å²) in [6.45, 7) is 1.57. The largest absolute Gasteiger partial charge is 0.435 e. The van der Waals surface area contributed by atoms with Crippen LogP contribution in [-0.4, -0.2) is 27.7 Å². The molecule has 3 rings (SSSR count). The number of esters is 1. The monoisotopic (exact) mass is 242 g/mol. The molecule has 1 heterocycles. The van der Waals surface area contributed by atoms with Crippen LogP contribution in [0.15, 0.2) is 0 Å². The number of aliphatic hydroxyl groups is 1. The van der Waals surface area contributed by atoms with E-state index in [0.717, 1.165) is 12.8 Å². The fourth-order valence-corrected chi connectivity index (χ4v) is 4.93. The molecular formula is C11H14O4S. The minimum atomic E-state index is -0.907. The fraction of sp³-hybridized carbons (Fsp3) is 0.818. The van der Waals surface area contributed by atoms with Crippen LogP contribution in [0.3, 0.4) is 0 Å². The zero-order valence-electron chi connectivity index (χ0n) is 8.96. The van der Waals surface area contributed by atoms with Crippen molar-refractivity contribution in [2.45, 2.75) is 31.3 Å². The number of carbonyl (C=O) groups excluding carboxylic acids is 2. The third-order valence-corrected chi connectivity index (χ3v) is 5.34. The molecule has 6 atom stereocenters. The predicted molar refractivity (Wildman–Crippen MR) is 57.4 cm³/mol. The van der Waals surface area contributed by atoms with Gasteiger partial charge in [0.05, 0.1) is 5.92 Å².